The summed E-state index contributed by atoms with van der Waals surface area (Å²) in [5.41, 5.74) is -2.01. The van der Waals surface area contributed by atoms with E-state index in [0.29, 0.717) is 11.0 Å². The predicted octanol–water partition coefficient (Wildman–Crippen LogP) is 2.89. The Kier molecular flexibility index (Phi) is 5.83. The van der Waals surface area contributed by atoms with E-state index in [0.717, 1.165) is 33.3 Å². The third kappa shape index (κ3) is 3.72. The van der Waals surface area contributed by atoms with Gasteiger partial charge in [0.05, 0.1) is 12.8 Å². The molecule has 1 N–H and O–H groups in total. The molecule has 12 heteroatoms. The Morgan fingerprint density at radius 2 is 1.57 bits per heavy atom. The summed E-state index contributed by atoms with van der Waals surface area (Å²) in [6, 6.07) is 2.69. The number of sulfonamides is 1. The van der Waals surface area contributed by atoms with Gasteiger partial charge in [-0.25, -0.2) is 30.4 Å². The zero-order valence-corrected chi connectivity index (χ0v) is 15.4. The quantitative estimate of drug-likeness (QED) is 0.455. The summed E-state index contributed by atoms with van der Waals surface area (Å²) < 4.78 is 101. The lowest BCUT2D eigenvalue weighted by Gasteiger charge is -2.17. The van der Waals surface area contributed by atoms with Crippen LogP contribution in [-0.2, 0) is 10.0 Å². The lowest BCUT2D eigenvalue weighted by molar-refractivity contribution is 0.0816. The number of carbonyl (C=O) groups is 1. The van der Waals surface area contributed by atoms with Gasteiger partial charge in [-0.3, -0.25) is 9.52 Å². The van der Waals surface area contributed by atoms with Crippen LogP contribution in [0.3, 0.4) is 0 Å². The largest absolute Gasteiger partial charge is 0.494 e. The van der Waals surface area contributed by atoms with Crippen molar-refractivity contribution in [3.05, 3.63) is 52.8 Å². The van der Waals surface area contributed by atoms with Crippen LogP contribution < -0.4 is 9.46 Å². The fourth-order valence-corrected chi connectivity index (χ4v) is 3.53. The van der Waals surface area contributed by atoms with E-state index in [1.807, 2.05) is 0 Å². The van der Waals surface area contributed by atoms with Gasteiger partial charge in [-0.1, -0.05) is 0 Å². The zero-order chi connectivity index (χ0) is 21.4. The minimum atomic E-state index is -5.18. The number of nitrogens with one attached hydrogen (secondary N) is 1. The van der Waals surface area contributed by atoms with E-state index in [9.17, 15) is 35.2 Å². The number of methoxy groups -OCH3 is 1. The molecule has 0 aliphatic carbocycles. The molecule has 152 valence electrons. The molecule has 0 saturated carbocycles. The van der Waals surface area contributed by atoms with Gasteiger partial charge < -0.3 is 9.64 Å². The van der Waals surface area contributed by atoms with Gasteiger partial charge in [-0.05, 0) is 12.1 Å². The molecule has 2 aromatic rings. The maximum atomic E-state index is 14.3. The van der Waals surface area contributed by atoms with E-state index >= 15 is 0 Å². The molecule has 28 heavy (non-hydrogen) atoms. The minimum Gasteiger partial charge on any atom is -0.494 e. The van der Waals surface area contributed by atoms with Crippen molar-refractivity contribution < 1.29 is 39.9 Å². The fourth-order valence-electron chi connectivity index (χ4n) is 2.21. The molecular formula is C16H13F5N2O4S. The molecule has 2 aromatic carbocycles. The summed E-state index contributed by atoms with van der Waals surface area (Å²) in [4.78, 5) is 11.0. The number of hydrogen-bond donors (Lipinski definition) is 1. The Bertz CT molecular complexity index is 1060. The van der Waals surface area contributed by atoms with Crippen LogP contribution in [0, 0.1) is 29.1 Å². The molecule has 0 saturated heterocycles. The van der Waals surface area contributed by atoms with Crippen molar-refractivity contribution in [2.45, 2.75) is 4.90 Å². The molecule has 6 nitrogen and oxygen atoms in total. The average molecular weight is 424 g/mol. The maximum Gasteiger partial charge on any atom is 0.265 e. The lowest BCUT2D eigenvalue weighted by atomic mass is 10.1. The molecule has 0 heterocycles. The van der Waals surface area contributed by atoms with E-state index in [2.05, 4.69) is 4.74 Å². The number of benzene rings is 2. The van der Waals surface area contributed by atoms with Gasteiger partial charge in [0.2, 0.25) is 0 Å². The average Bonchev–Trinajstić information content (AvgIpc) is 2.61. The monoisotopic (exact) mass is 424 g/mol. The van der Waals surface area contributed by atoms with Gasteiger partial charge in [-0.15, -0.1) is 0 Å². The molecule has 1 amide bonds. The van der Waals surface area contributed by atoms with E-state index < -0.39 is 61.2 Å². The highest BCUT2D eigenvalue weighted by molar-refractivity contribution is 7.92. The predicted molar refractivity (Wildman–Crippen MR) is 88.1 cm³/mol. The molecule has 0 unspecified atom stereocenters. The van der Waals surface area contributed by atoms with Crippen LogP contribution in [0.15, 0.2) is 23.1 Å². The number of nitrogens with zero attached hydrogens (tertiary/aromatic N) is 1. The minimum absolute atomic E-state index is 0.239. The normalized spacial score (nSPS) is 11.3. The van der Waals surface area contributed by atoms with Crippen LogP contribution in [0.2, 0.25) is 0 Å². The van der Waals surface area contributed by atoms with Gasteiger partial charge in [-0.2, -0.15) is 0 Å². The van der Waals surface area contributed by atoms with Crippen molar-refractivity contribution >= 4 is 21.6 Å². The van der Waals surface area contributed by atoms with Crippen molar-refractivity contribution in [3.8, 4) is 5.75 Å². The highest BCUT2D eigenvalue weighted by Crippen LogP contribution is 2.31. The summed E-state index contributed by atoms with van der Waals surface area (Å²) >= 11 is 0. The Balaban J connectivity index is 2.71. The van der Waals surface area contributed by atoms with E-state index in [-0.39, 0.29) is 5.75 Å². The third-order valence-electron chi connectivity index (χ3n) is 3.52. The van der Waals surface area contributed by atoms with Crippen LogP contribution in [0.5, 0.6) is 5.75 Å². The SMILES string of the molecule is COc1ccc(NS(=O)(=O)c2c(F)c(F)c(F)c(F)c2C(=O)N(C)C)cc1F. The van der Waals surface area contributed by atoms with Crippen molar-refractivity contribution in [2.24, 2.45) is 0 Å². The molecule has 0 atom stereocenters. The third-order valence-corrected chi connectivity index (χ3v) is 4.94. The number of rotatable bonds is 5. The van der Waals surface area contributed by atoms with Gasteiger partial charge >= 0.3 is 0 Å². The molecule has 0 bridgehead atoms. The van der Waals surface area contributed by atoms with Crippen LogP contribution in [0.4, 0.5) is 27.6 Å². The molecule has 2 rings (SSSR count). The topological polar surface area (TPSA) is 75.7 Å². The number of halogens is 5. The fraction of sp³-hybridized carbons (Fsp3) is 0.188. The van der Waals surface area contributed by atoms with Crippen molar-refractivity contribution in [2.75, 3.05) is 25.9 Å². The van der Waals surface area contributed by atoms with Crippen LogP contribution >= 0.6 is 0 Å². The number of ether oxygens (including phenoxy) is 1. The first-order chi connectivity index (χ1) is 12.9. The van der Waals surface area contributed by atoms with Gasteiger partial charge in [0, 0.05) is 20.2 Å². The Labute approximate surface area is 156 Å². The standard InChI is InChI=1S/C16H13F5N2O4S/c1-23(2)16(24)10-11(18)12(19)13(20)14(21)15(10)28(25,26)22-7-4-5-9(27-3)8(17)6-7/h4-6,22H,1-3H3. The number of amides is 1. The molecule has 0 aromatic heterocycles. The van der Waals surface area contributed by atoms with E-state index in [4.69, 9.17) is 0 Å². The van der Waals surface area contributed by atoms with Gasteiger partial charge in [0.25, 0.3) is 15.9 Å². The number of hydrogen-bond acceptors (Lipinski definition) is 4. The van der Waals surface area contributed by atoms with E-state index in [1.165, 1.54) is 0 Å². The molecular weight excluding hydrogens is 411 g/mol. The summed E-state index contributed by atoms with van der Waals surface area (Å²) in [5, 5.41) is 0. The highest BCUT2D eigenvalue weighted by Gasteiger charge is 2.36. The van der Waals surface area contributed by atoms with Crippen molar-refractivity contribution in [3.63, 3.8) is 0 Å². The van der Waals surface area contributed by atoms with Crippen molar-refractivity contribution in [1.29, 1.82) is 0 Å². The van der Waals surface area contributed by atoms with Gasteiger partial charge in [0.1, 0.15) is 10.5 Å². The summed E-state index contributed by atoms with van der Waals surface area (Å²) in [5.74, 6) is -11.9. The Hall–Kier alpha value is -2.89. The second-order valence-corrected chi connectivity index (χ2v) is 7.23. The Morgan fingerprint density at radius 1 is 1.00 bits per heavy atom. The summed E-state index contributed by atoms with van der Waals surface area (Å²) in [6.07, 6.45) is 0. The molecule has 0 aliphatic heterocycles. The first kappa shape index (κ1) is 21.4. The summed E-state index contributed by atoms with van der Waals surface area (Å²) in [7, 11) is -1.91. The van der Waals surface area contributed by atoms with E-state index in [1.54, 1.807) is 4.72 Å². The zero-order valence-electron chi connectivity index (χ0n) is 14.6. The second-order valence-electron chi connectivity index (χ2n) is 5.61. The first-order valence-corrected chi connectivity index (χ1v) is 8.84. The van der Waals surface area contributed by atoms with Crippen LogP contribution in [0.25, 0.3) is 0 Å². The van der Waals surface area contributed by atoms with Gasteiger partial charge in [0.15, 0.2) is 34.8 Å². The van der Waals surface area contributed by atoms with Crippen molar-refractivity contribution in [1.82, 2.24) is 4.90 Å². The molecule has 0 aliphatic rings. The second kappa shape index (κ2) is 7.62. The molecule has 0 radical (unpaired) electrons. The summed E-state index contributed by atoms with van der Waals surface area (Å²) in [6.45, 7) is 0. The van der Waals surface area contributed by atoms with Crippen LogP contribution in [-0.4, -0.2) is 40.4 Å². The molecule has 0 fully saturated rings. The highest BCUT2D eigenvalue weighted by atomic mass is 32.2. The molecule has 0 spiro atoms. The Morgan fingerprint density at radius 3 is 2.07 bits per heavy atom. The van der Waals surface area contributed by atoms with Crippen LogP contribution in [0.1, 0.15) is 10.4 Å². The number of anilines is 1. The number of carbonyl (C=O) groups excluding carboxylic acids is 1. The smallest absolute Gasteiger partial charge is 0.265 e. The first-order valence-electron chi connectivity index (χ1n) is 7.36. The maximum absolute atomic E-state index is 14.3. The lowest BCUT2D eigenvalue weighted by Crippen LogP contribution is -2.29.